The number of carbonyl (C=O) groups excluding carboxylic acids is 1. The zero-order chi connectivity index (χ0) is 15.2. The molecule has 0 bridgehead atoms. The molecule has 0 atom stereocenters. The Labute approximate surface area is 121 Å². The van der Waals surface area contributed by atoms with Gasteiger partial charge in [0.1, 0.15) is 0 Å². The SMILES string of the molecule is Cc1[nH]ncc1CNC(=O)c1cccc(C=CC(=O)O)c1. The number of carboxylic acid groups (broad SMARTS) is 1. The lowest BCUT2D eigenvalue weighted by atomic mass is 10.1. The van der Waals surface area contributed by atoms with Crippen molar-refractivity contribution in [3.63, 3.8) is 0 Å². The Kier molecular flexibility index (Phi) is 4.50. The van der Waals surface area contributed by atoms with Gasteiger partial charge < -0.3 is 10.4 Å². The number of hydrogen-bond donors (Lipinski definition) is 3. The van der Waals surface area contributed by atoms with Crippen LogP contribution in [-0.4, -0.2) is 27.2 Å². The van der Waals surface area contributed by atoms with Gasteiger partial charge >= 0.3 is 5.97 Å². The molecule has 0 saturated carbocycles. The van der Waals surface area contributed by atoms with Crippen molar-refractivity contribution in [1.82, 2.24) is 15.5 Å². The van der Waals surface area contributed by atoms with Crippen molar-refractivity contribution >= 4 is 18.0 Å². The molecule has 0 saturated heterocycles. The molecule has 0 unspecified atom stereocenters. The van der Waals surface area contributed by atoms with E-state index < -0.39 is 5.97 Å². The van der Waals surface area contributed by atoms with Gasteiger partial charge in [-0.1, -0.05) is 12.1 Å². The minimum absolute atomic E-state index is 0.221. The van der Waals surface area contributed by atoms with E-state index in [0.29, 0.717) is 17.7 Å². The van der Waals surface area contributed by atoms with Crippen molar-refractivity contribution in [3.05, 3.63) is 58.9 Å². The molecule has 0 aliphatic carbocycles. The molecule has 108 valence electrons. The molecule has 0 aliphatic rings. The molecule has 1 amide bonds. The van der Waals surface area contributed by atoms with Crippen LogP contribution in [0.5, 0.6) is 0 Å². The van der Waals surface area contributed by atoms with Crippen LogP contribution in [-0.2, 0) is 11.3 Å². The number of aromatic amines is 1. The van der Waals surface area contributed by atoms with Gasteiger partial charge in [0.2, 0.25) is 0 Å². The summed E-state index contributed by atoms with van der Waals surface area (Å²) in [4.78, 5) is 22.5. The van der Waals surface area contributed by atoms with Gasteiger partial charge in [0.05, 0.1) is 6.20 Å². The number of hydrogen-bond acceptors (Lipinski definition) is 3. The van der Waals surface area contributed by atoms with E-state index in [0.717, 1.165) is 17.3 Å². The summed E-state index contributed by atoms with van der Waals surface area (Å²) >= 11 is 0. The number of amides is 1. The molecule has 1 aromatic carbocycles. The summed E-state index contributed by atoms with van der Waals surface area (Å²) in [6.45, 7) is 2.27. The van der Waals surface area contributed by atoms with Gasteiger partial charge in [-0.2, -0.15) is 5.10 Å². The van der Waals surface area contributed by atoms with E-state index in [9.17, 15) is 9.59 Å². The van der Waals surface area contributed by atoms with E-state index in [1.807, 2.05) is 6.92 Å². The van der Waals surface area contributed by atoms with Crippen molar-refractivity contribution in [3.8, 4) is 0 Å². The Morgan fingerprint density at radius 1 is 1.43 bits per heavy atom. The summed E-state index contributed by atoms with van der Waals surface area (Å²) in [6, 6.07) is 6.75. The number of carbonyl (C=O) groups is 2. The van der Waals surface area contributed by atoms with Crippen molar-refractivity contribution in [2.45, 2.75) is 13.5 Å². The smallest absolute Gasteiger partial charge is 0.328 e. The maximum Gasteiger partial charge on any atom is 0.328 e. The van der Waals surface area contributed by atoms with Crippen LogP contribution >= 0.6 is 0 Å². The third-order valence-electron chi connectivity index (χ3n) is 2.94. The van der Waals surface area contributed by atoms with Gasteiger partial charge in [0.15, 0.2) is 0 Å². The molecule has 6 nitrogen and oxygen atoms in total. The first kappa shape index (κ1) is 14.5. The van der Waals surface area contributed by atoms with Crippen LogP contribution in [0.15, 0.2) is 36.5 Å². The van der Waals surface area contributed by atoms with Crippen LogP contribution in [0.1, 0.15) is 27.2 Å². The first-order chi connectivity index (χ1) is 10.1. The second kappa shape index (κ2) is 6.51. The van der Waals surface area contributed by atoms with Crippen LogP contribution in [0, 0.1) is 6.92 Å². The largest absolute Gasteiger partial charge is 0.478 e. The number of nitrogens with zero attached hydrogens (tertiary/aromatic N) is 1. The highest BCUT2D eigenvalue weighted by Gasteiger charge is 2.07. The average Bonchev–Trinajstić information content (AvgIpc) is 2.88. The summed E-state index contributed by atoms with van der Waals surface area (Å²) in [5, 5.41) is 18.1. The molecule has 0 spiro atoms. The lowest BCUT2D eigenvalue weighted by molar-refractivity contribution is -0.131. The molecule has 3 N–H and O–H groups in total. The second-order valence-corrected chi connectivity index (χ2v) is 4.50. The van der Waals surface area contributed by atoms with Crippen molar-refractivity contribution in [1.29, 1.82) is 0 Å². The molecule has 0 fully saturated rings. The molecule has 6 heteroatoms. The number of rotatable bonds is 5. The number of nitrogens with one attached hydrogen (secondary N) is 2. The monoisotopic (exact) mass is 285 g/mol. The van der Waals surface area contributed by atoms with Crippen LogP contribution in [0.3, 0.4) is 0 Å². The molecule has 2 rings (SSSR count). The summed E-state index contributed by atoms with van der Waals surface area (Å²) in [5.41, 5.74) is 2.96. The fraction of sp³-hybridized carbons (Fsp3) is 0.133. The van der Waals surface area contributed by atoms with E-state index >= 15 is 0 Å². The van der Waals surface area contributed by atoms with E-state index in [-0.39, 0.29) is 5.91 Å². The Bertz CT molecular complexity index is 689. The lowest BCUT2D eigenvalue weighted by Crippen LogP contribution is -2.22. The minimum Gasteiger partial charge on any atom is -0.478 e. The third-order valence-corrected chi connectivity index (χ3v) is 2.94. The van der Waals surface area contributed by atoms with E-state index in [1.54, 1.807) is 30.5 Å². The van der Waals surface area contributed by atoms with E-state index in [4.69, 9.17) is 5.11 Å². The van der Waals surface area contributed by atoms with Crippen molar-refractivity contribution < 1.29 is 14.7 Å². The third kappa shape index (κ3) is 4.04. The molecular formula is C15H15N3O3. The molecule has 2 aromatic rings. The molecule has 1 aromatic heterocycles. The Balaban J connectivity index is 2.04. The average molecular weight is 285 g/mol. The predicted octanol–water partition coefficient (Wildman–Crippen LogP) is 1.75. The summed E-state index contributed by atoms with van der Waals surface area (Å²) in [7, 11) is 0. The minimum atomic E-state index is -1.03. The highest BCUT2D eigenvalue weighted by atomic mass is 16.4. The highest BCUT2D eigenvalue weighted by Crippen LogP contribution is 2.08. The molecule has 1 heterocycles. The second-order valence-electron chi connectivity index (χ2n) is 4.50. The maximum absolute atomic E-state index is 12.1. The lowest BCUT2D eigenvalue weighted by Gasteiger charge is -2.05. The molecule has 0 aliphatic heterocycles. The van der Waals surface area contributed by atoms with Crippen LogP contribution in [0.4, 0.5) is 0 Å². The number of aromatic nitrogens is 2. The fourth-order valence-electron chi connectivity index (χ4n) is 1.78. The summed E-state index contributed by atoms with van der Waals surface area (Å²) in [6.07, 6.45) is 4.15. The van der Waals surface area contributed by atoms with Gasteiger partial charge in [-0.05, 0) is 30.7 Å². The zero-order valence-corrected chi connectivity index (χ0v) is 11.5. The molecular weight excluding hydrogens is 270 g/mol. The molecule has 21 heavy (non-hydrogen) atoms. The quantitative estimate of drug-likeness (QED) is 0.729. The van der Waals surface area contributed by atoms with Crippen LogP contribution in [0.25, 0.3) is 6.08 Å². The fourth-order valence-corrected chi connectivity index (χ4v) is 1.78. The van der Waals surface area contributed by atoms with Gasteiger partial charge in [-0.15, -0.1) is 0 Å². The Hall–Kier alpha value is -2.89. The Morgan fingerprint density at radius 3 is 2.90 bits per heavy atom. The Morgan fingerprint density at radius 2 is 2.24 bits per heavy atom. The standard InChI is InChI=1S/C15H15N3O3/c1-10-13(9-17-18-10)8-16-15(21)12-4-2-3-11(7-12)5-6-14(19)20/h2-7,9H,8H2,1H3,(H,16,21)(H,17,18)(H,19,20). The summed E-state index contributed by atoms with van der Waals surface area (Å²) < 4.78 is 0. The van der Waals surface area contributed by atoms with E-state index in [1.165, 1.54) is 6.08 Å². The molecule has 0 radical (unpaired) electrons. The topological polar surface area (TPSA) is 95.1 Å². The van der Waals surface area contributed by atoms with Gasteiger partial charge in [-0.25, -0.2) is 4.79 Å². The number of aliphatic carboxylic acids is 1. The number of carboxylic acids is 1. The maximum atomic E-state index is 12.1. The number of H-pyrrole nitrogens is 1. The number of aryl methyl sites for hydroxylation is 1. The summed E-state index contributed by atoms with van der Waals surface area (Å²) in [5.74, 6) is -1.25. The van der Waals surface area contributed by atoms with Crippen molar-refractivity contribution in [2.75, 3.05) is 0 Å². The first-order valence-electron chi connectivity index (χ1n) is 6.34. The first-order valence-corrected chi connectivity index (χ1v) is 6.34. The van der Waals surface area contributed by atoms with Crippen molar-refractivity contribution in [2.24, 2.45) is 0 Å². The van der Waals surface area contributed by atoms with E-state index in [2.05, 4.69) is 15.5 Å². The van der Waals surface area contributed by atoms with Gasteiger partial charge in [0, 0.05) is 29.4 Å². The van der Waals surface area contributed by atoms with Crippen LogP contribution < -0.4 is 5.32 Å². The normalized spacial score (nSPS) is 10.7. The van der Waals surface area contributed by atoms with Crippen LogP contribution in [0.2, 0.25) is 0 Å². The number of benzene rings is 1. The zero-order valence-electron chi connectivity index (χ0n) is 11.5. The predicted molar refractivity (Wildman–Crippen MR) is 77.6 cm³/mol. The van der Waals surface area contributed by atoms with Gasteiger partial charge in [-0.3, -0.25) is 9.89 Å². The van der Waals surface area contributed by atoms with Gasteiger partial charge in [0.25, 0.3) is 5.91 Å². The highest BCUT2D eigenvalue weighted by molar-refractivity contribution is 5.95.